The molecule has 2 atom stereocenters. The molecule has 0 bridgehead atoms. The Morgan fingerprint density at radius 2 is 2.44 bits per heavy atom. The molecule has 0 saturated heterocycles. The van der Waals surface area contributed by atoms with Gasteiger partial charge in [0.1, 0.15) is 12.4 Å². The largest absolute Gasteiger partial charge is 0.461 e. The van der Waals surface area contributed by atoms with Crippen LogP contribution >= 0.6 is 0 Å². The maximum atomic E-state index is 11.4. The highest BCUT2D eigenvalue weighted by atomic mass is 16.6. The van der Waals surface area contributed by atoms with Crippen molar-refractivity contribution in [1.82, 2.24) is 4.98 Å². The number of carbonyl (C=O) groups excluding carboxylic acids is 1. The Balaban J connectivity index is 1.96. The van der Waals surface area contributed by atoms with Crippen LogP contribution in [0.1, 0.15) is 36.7 Å². The topological polar surface area (TPSA) is 87.6 Å². The Morgan fingerprint density at radius 3 is 3.17 bits per heavy atom. The normalized spacial score (nSPS) is 23.0. The summed E-state index contributed by atoms with van der Waals surface area (Å²) >= 11 is 0. The Hall–Kier alpha value is -1.56. The second-order valence-electron chi connectivity index (χ2n) is 4.30. The molecule has 1 fully saturated rings. The zero-order chi connectivity index (χ0) is 13.0. The third-order valence-electron chi connectivity index (χ3n) is 3.11. The van der Waals surface area contributed by atoms with Crippen molar-refractivity contribution in [3.05, 3.63) is 12.0 Å². The van der Waals surface area contributed by atoms with Gasteiger partial charge in [-0.15, -0.1) is 0 Å². The highest BCUT2D eigenvalue weighted by Gasteiger charge is 2.29. The first kappa shape index (κ1) is 12.9. The van der Waals surface area contributed by atoms with Gasteiger partial charge in [0.05, 0.1) is 6.61 Å². The third-order valence-corrected chi connectivity index (χ3v) is 3.11. The maximum absolute atomic E-state index is 11.4. The van der Waals surface area contributed by atoms with Gasteiger partial charge in [-0.2, -0.15) is 4.98 Å². The summed E-state index contributed by atoms with van der Waals surface area (Å²) in [5, 5.41) is 0. The average molecular weight is 254 g/mol. The van der Waals surface area contributed by atoms with Crippen LogP contribution in [-0.2, 0) is 4.74 Å². The Morgan fingerprint density at radius 1 is 1.61 bits per heavy atom. The predicted octanol–water partition coefficient (Wildman–Crippen LogP) is 1.36. The number of rotatable bonds is 5. The zero-order valence-corrected chi connectivity index (χ0v) is 10.4. The van der Waals surface area contributed by atoms with E-state index in [2.05, 4.69) is 4.98 Å². The molecule has 1 aromatic heterocycles. The van der Waals surface area contributed by atoms with Gasteiger partial charge in [0.2, 0.25) is 0 Å². The lowest BCUT2D eigenvalue weighted by atomic mass is 10.1. The fourth-order valence-electron chi connectivity index (χ4n) is 2.17. The number of nitrogens with zero attached hydrogens (tertiary/aromatic N) is 1. The van der Waals surface area contributed by atoms with E-state index in [0.717, 1.165) is 19.3 Å². The van der Waals surface area contributed by atoms with E-state index in [-0.39, 0.29) is 17.9 Å². The highest BCUT2D eigenvalue weighted by molar-refractivity contribution is 5.86. The van der Waals surface area contributed by atoms with Crippen LogP contribution in [0.5, 0.6) is 6.08 Å². The van der Waals surface area contributed by atoms with E-state index in [1.54, 1.807) is 6.92 Å². The molecule has 100 valence electrons. The van der Waals surface area contributed by atoms with Crippen molar-refractivity contribution in [2.75, 3.05) is 13.2 Å². The summed E-state index contributed by atoms with van der Waals surface area (Å²) < 4.78 is 15.6. The number of esters is 1. The molecule has 6 heteroatoms. The molecule has 0 aliphatic heterocycles. The standard InChI is InChI=1S/C12H18N2O4/c1-2-16-11(15)9-7-17-12(14-9)18-10-5-3-4-8(10)6-13/h7-8,10H,2-6,13H2,1H3. The van der Waals surface area contributed by atoms with Crippen LogP contribution in [0.4, 0.5) is 0 Å². The molecule has 1 heterocycles. The fraction of sp³-hybridized carbons (Fsp3) is 0.667. The fourth-order valence-corrected chi connectivity index (χ4v) is 2.17. The predicted molar refractivity (Wildman–Crippen MR) is 63.3 cm³/mol. The van der Waals surface area contributed by atoms with Crippen molar-refractivity contribution in [2.45, 2.75) is 32.3 Å². The van der Waals surface area contributed by atoms with E-state index in [0.29, 0.717) is 19.1 Å². The van der Waals surface area contributed by atoms with Crippen LogP contribution < -0.4 is 10.5 Å². The molecule has 6 nitrogen and oxygen atoms in total. The summed E-state index contributed by atoms with van der Waals surface area (Å²) in [6.07, 6.45) is 4.50. The lowest BCUT2D eigenvalue weighted by Gasteiger charge is -2.16. The summed E-state index contributed by atoms with van der Waals surface area (Å²) in [4.78, 5) is 15.4. The molecular weight excluding hydrogens is 236 g/mol. The maximum Gasteiger partial charge on any atom is 0.394 e. The molecular formula is C12H18N2O4. The van der Waals surface area contributed by atoms with E-state index < -0.39 is 5.97 Å². The number of oxazole rings is 1. The lowest BCUT2D eigenvalue weighted by Crippen LogP contribution is -2.27. The molecule has 0 spiro atoms. The van der Waals surface area contributed by atoms with E-state index in [4.69, 9.17) is 19.6 Å². The first-order valence-electron chi connectivity index (χ1n) is 6.24. The highest BCUT2D eigenvalue weighted by Crippen LogP contribution is 2.28. The molecule has 1 aromatic rings. The smallest absolute Gasteiger partial charge is 0.394 e. The number of hydrogen-bond donors (Lipinski definition) is 1. The Kier molecular flexibility index (Phi) is 4.19. The summed E-state index contributed by atoms with van der Waals surface area (Å²) in [5.41, 5.74) is 5.80. The van der Waals surface area contributed by atoms with Crippen LogP contribution in [0, 0.1) is 5.92 Å². The minimum absolute atomic E-state index is 0.0312. The van der Waals surface area contributed by atoms with E-state index in [1.165, 1.54) is 6.26 Å². The van der Waals surface area contributed by atoms with Gasteiger partial charge in [-0.25, -0.2) is 4.79 Å². The van der Waals surface area contributed by atoms with Crippen LogP contribution in [0.2, 0.25) is 0 Å². The molecule has 0 amide bonds. The third kappa shape index (κ3) is 2.81. The van der Waals surface area contributed by atoms with Gasteiger partial charge in [-0.05, 0) is 32.7 Å². The van der Waals surface area contributed by atoms with Crippen LogP contribution in [0.15, 0.2) is 10.7 Å². The van der Waals surface area contributed by atoms with Gasteiger partial charge in [-0.3, -0.25) is 0 Å². The molecule has 2 rings (SSSR count). The summed E-state index contributed by atoms with van der Waals surface area (Å²) in [7, 11) is 0. The molecule has 18 heavy (non-hydrogen) atoms. The van der Waals surface area contributed by atoms with Gasteiger partial charge < -0.3 is 19.6 Å². The molecule has 1 aliphatic carbocycles. The summed E-state index contributed by atoms with van der Waals surface area (Å²) in [6.45, 7) is 2.63. The first-order valence-corrected chi connectivity index (χ1v) is 6.24. The van der Waals surface area contributed by atoms with Gasteiger partial charge in [0.15, 0.2) is 5.69 Å². The quantitative estimate of drug-likeness (QED) is 0.798. The Labute approximate surface area is 105 Å². The summed E-state index contributed by atoms with van der Waals surface area (Å²) in [5.74, 6) is -0.166. The molecule has 0 radical (unpaired) electrons. The second kappa shape index (κ2) is 5.86. The lowest BCUT2D eigenvalue weighted by molar-refractivity contribution is 0.0518. The van der Waals surface area contributed by atoms with Gasteiger partial charge in [0, 0.05) is 5.92 Å². The molecule has 1 aliphatic rings. The Bertz CT molecular complexity index is 405. The van der Waals surface area contributed by atoms with E-state index >= 15 is 0 Å². The van der Waals surface area contributed by atoms with Gasteiger partial charge in [-0.1, -0.05) is 0 Å². The van der Waals surface area contributed by atoms with Gasteiger partial charge >= 0.3 is 12.0 Å². The van der Waals surface area contributed by atoms with Crippen molar-refractivity contribution in [2.24, 2.45) is 11.7 Å². The number of carbonyl (C=O) groups is 1. The first-order chi connectivity index (χ1) is 8.74. The minimum Gasteiger partial charge on any atom is -0.461 e. The molecule has 1 saturated carbocycles. The van der Waals surface area contributed by atoms with Crippen LogP contribution in [0.25, 0.3) is 0 Å². The van der Waals surface area contributed by atoms with Gasteiger partial charge in [0.25, 0.3) is 0 Å². The number of aromatic nitrogens is 1. The van der Waals surface area contributed by atoms with E-state index in [9.17, 15) is 4.79 Å². The van der Waals surface area contributed by atoms with Crippen molar-refractivity contribution < 1.29 is 18.7 Å². The molecule has 2 N–H and O–H groups in total. The number of hydrogen-bond acceptors (Lipinski definition) is 6. The SMILES string of the molecule is CCOC(=O)c1coc(OC2CCCC2CN)n1. The van der Waals surface area contributed by atoms with Crippen molar-refractivity contribution in [3.8, 4) is 6.08 Å². The zero-order valence-electron chi connectivity index (χ0n) is 10.4. The average Bonchev–Trinajstić information content (AvgIpc) is 2.99. The molecule has 0 aromatic carbocycles. The minimum atomic E-state index is -0.502. The second-order valence-corrected chi connectivity index (χ2v) is 4.30. The van der Waals surface area contributed by atoms with Crippen molar-refractivity contribution in [3.63, 3.8) is 0 Å². The van der Waals surface area contributed by atoms with Crippen molar-refractivity contribution in [1.29, 1.82) is 0 Å². The number of nitrogens with two attached hydrogens (primary N) is 1. The monoisotopic (exact) mass is 254 g/mol. The summed E-state index contributed by atoms with van der Waals surface area (Å²) in [6, 6.07) is 0. The van der Waals surface area contributed by atoms with Crippen molar-refractivity contribution >= 4 is 5.97 Å². The van der Waals surface area contributed by atoms with E-state index in [1.807, 2.05) is 0 Å². The molecule has 2 unspecified atom stereocenters. The van der Waals surface area contributed by atoms with Crippen LogP contribution in [0.3, 0.4) is 0 Å². The van der Waals surface area contributed by atoms with Crippen LogP contribution in [-0.4, -0.2) is 30.2 Å². The number of ether oxygens (including phenoxy) is 2.